The van der Waals surface area contributed by atoms with Gasteiger partial charge in [0.1, 0.15) is 12.5 Å². The van der Waals surface area contributed by atoms with E-state index in [1.54, 1.807) is 0 Å². The summed E-state index contributed by atoms with van der Waals surface area (Å²) >= 11 is 8.24. The van der Waals surface area contributed by atoms with E-state index in [9.17, 15) is 9.59 Å². The number of rotatable bonds is 8. The van der Waals surface area contributed by atoms with Crippen molar-refractivity contribution in [2.75, 3.05) is 36.2 Å². The second-order valence-corrected chi connectivity index (χ2v) is 22.7. The van der Waals surface area contributed by atoms with E-state index in [0.29, 0.717) is 37.9 Å². The maximum absolute atomic E-state index is 13.6. The van der Waals surface area contributed by atoms with E-state index in [-0.39, 0.29) is 56.3 Å². The molecule has 0 unspecified atom stereocenters. The Hall–Kier alpha value is -2.86. The molecule has 60 heavy (non-hydrogen) atoms. The van der Waals surface area contributed by atoms with Crippen LogP contribution in [0.5, 0.6) is 0 Å². The molecule has 6 aliphatic heterocycles. The van der Waals surface area contributed by atoms with Crippen LogP contribution in [0.4, 0.5) is 0 Å². The van der Waals surface area contributed by atoms with E-state index in [1.165, 1.54) is 35.1 Å². The van der Waals surface area contributed by atoms with Gasteiger partial charge in [-0.2, -0.15) is 0 Å². The molecule has 8 atom stereocenters. The zero-order valence-electron chi connectivity index (χ0n) is 34.8. The van der Waals surface area contributed by atoms with Gasteiger partial charge in [-0.05, 0) is 70.9 Å². The number of ether oxygens (including phenoxy) is 2. The Morgan fingerprint density at radius 2 is 0.850 bits per heavy atom. The second-order valence-electron chi connectivity index (χ2n) is 16.8. The monoisotopic (exact) mass is 878 g/mol. The molecule has 0 aromatic heterocycles. The number of carbonyl (C=O) groups excluding carboxylic acids is 2. The molecule has 6 aliphatic rings. The van der Waals surface area contributed by atoms with Crippen LogP contribution in [0.25, 0.3) is 0 Å². The van der Waals surface area contributed by atoms with Crippen LogP contribution in [0.1, 0.15) is 86.7 Å². The lowest BCUT2D eigenvalue weighted by Gasteiger charge is -2.51. The number of piperidine rings is 2. The first-order chi connectivity index (χ1) is 29.5. The van der Waals surface area contributed by atoms with Crippen LogP contribution in [-0.2, 0) is 27.2 Å². The Morgan fingerprint density at radius 1 is 0.517 bits per heavy atom. The van der Waals surface area contributed by atoms with Crippen molar-refractivity contribution in [1.82, 2.24) is 9.80 Å². The van der Waals surface area contributed by atoms with Crippen molar-refractivity contribution in [3.05, 3.63) is 144 Å². The molecule has 10 rings (SSSR count). The maximum Gasteiger partial charge on any atom is 0.225 e. The maximum atomic E-state index is 13.6. The number of hydrogen-bond acceptors (Lipinski definition) is 8. The molecule has 6 nitrogen and oxygen atoms in total. The van der Waals surface area contributed by atoms with Crippen LogP contribution >= 0.6 is 47.0 Å². The molecular weight excluding hydrogens is 821 g/mol. The molecule has 316 valence electrons. The van der Waals surface area contributed by atoms with Crippen molar-refractivity contribution in [3.8, 4) is 0 Å². The number of carbonyl (C=O) groups is 2. The highest BCUT2D eigenvalue weighted by molar-refractivity contribution is 8.18. The normalized spacial score (nSPS) is 30.8. The molecule has 2 amide bonds. The van der Waals surface area contributed by atoms with Crippen molar-refractivity contribution in [2.24, 2.45) is 23.7 Å². The van der Waals surface area contributed by atoms with Crippen molar-refractivity contribution >= 4 is 58.9 Å². The van der Waals surface area contributed by atoms with Crippen LogP contribution in [0.15, 0.2) is 121 Å². The summed E-state index contributed by atoms with van der Waals surface area (Å²) in [4.78, 5) is 31.3. The fourth-order valence-corrected chi connectivity index (χ4v) is 18.4. The highest BCUT2D eigenvalue weighted by atomic mass is 32.2. The van der Waals surface area contributed by atoms with Gasteiger partial charge in [0.15, 0.2) is 0 Å². The molecule has 4 aromatic carbocycles. The average molecular weight is 879 g/mol. The first-order valence-electron chi connectivity index (χ1n) is 22.1. The van der Waals surface area contributed by atoms with Crippen LogP contribution in [0.2, 0.25) is 0 Å². The largest absolute Gasteiger partial charge is 0.355 e. The van der Waals surface area contributed by atoms with Gasteiger partial charge in [0, 0.05) is 36.5 Å². The van der Waals surface area contributed by atoms with E-state index in [1.807, 2.05) is 12.1 Å². The molecule has 6 saturated heterocycles. The molecule has 0 bridgehead atoms. The highest BCUT2D eigenvalue weighted by Crippen LogP contribution is 2.63. The zero-order chi connectivity index (χ0) is 41.1. The van der Waals surface area contributed by atoms with Crippen LogP contribution in [0, 0.1) is 23.7 Å². The molecule has 4 aromatic rings. The molecule has 10 heteroatoms. The van der Waals surface area contributed by atoms with Crippen molar-refractivity contribution in [1.29, 1.82) is 0 Å². The summed E-state index contributed by atoms with van der Waals surface area (Å²) in [6, 6.07) is 42.6. The Kier molecular flexibility index (Phi) is 13.3. The van der Waals surface area contributed by atoms with Gasteiger partial charge in [0.05, 0.1) is 33.5 Å². The summed E-state index contributed by atoms with van der Waals surface area (Å²) in [6.07, 6.45) is 5.51. The van der Waals surface area contributed by atoms with Gasteiger partial charge < -0.3 is 19.3 Å². The third-order valence-corrected chi connectivity index (χ3v) is 20.9. The first-order valence-corrected chi connectivity index (χ1v) is 26.1. The Balaban J connectivity index is 0.000000154. The van der Waals surface area contributed by atoms with Gasteiger partial charge in [-0.1, -0.05) is 135 Å². The van der Waals surface area contributed by atoms with Gasteiger partial charge in [-0.25, -0.2) is 0 Å². The van der Waals surface area contributed by atoms with Crippen LogP contribution in [0.3, 0.4) is 0 Å². The predicted molar refractivity (Wildman–Crippen MR) is 251 cm³/mol. The number of fused-ring (bicyclic) bond motifs is 2. The predicted octanol–water partition coefficient (Wildman–Crippen LogP) is 11.4. The number of amides is 2. The minimum atomic E-state index is -0.116. The Bertz CT molecular complexity index is 1890. The number of benzene rings is 4. The number of hydrogen-bond donors (Lipinski definition) is 0. The van der Waals surface area contributed by atoms with Crippen molar-refractivity contribution in [3.63, 3.8) is 0 Å². The Morgan fingerprint density at radius 3 is 1.18 bits per heavy atom. The van der Waals surface area contributed by atoms with Crippen molar-refractivity contribution < 1.29 is 19.1 Å². The lowest BCUT2D eigenvalue weighted by molar-refractivity contribution is -0.154. The number of nitrogens with zero attached hydrogens (tertiary/aromatic N) is 2. The topological polar surface area (TPSA) is 59.1 Å². The molecule has 0 radical (unpaired) electrons. The van der Waals surface area contributed by atoms with Crippen LogP contribution in [-0.4, -0.2) is 70.3 Å². The third kappa shape index (κ3) is 7.89. The molecule has 0 spiro atoms. The lowest BCUT2D eigenvalue weighted by Crippen LogP contribution is -2.54. The SMILES string of the molecule is CC[C@@H]1[C@H]2OC[C@@H](c3ccccc3)N2C(=O)C[C@H]1C1(c2ccccc2)SCCCS1.CC[C@@H]1[C@H]2OC[C@@H](c3ccccc3)N2C(=O)C[C@H]1C1(c2ccccc2)SCCCS1. The van der Waals surface area contributed by atoms with Gasteiger partial charge >= 0.3 is 0 Å². The average Bonchev–Trinajstić information content (AvgIpc) is 3.98. The molecule has 0 N–H and O–H groups in total. The minimum Gasteiger partial charge on any atom is -0.355 e. The van der Waals surface area contributed by atoms with Gasteiger partial charge in [-0.15, -0.1) is 47.0 Å². The van der Waals surface area contributed by atoms with E-state index in [2.05, 4.69) is 180 Å². The van der Waals surface area contributed by atoms with E-state index in [0.717, 1.165) is 35.9 Å². The summed E-state index contributed by atoms with van der Waals surface area (Å²) in [7, 11) is 0. The van der Waals surface area contributed by atoms with Gasteiger partial charge in [0.25, 0.3) is 0 Å². The summed E-state index contributed by atoms with van der Waals surface area (Å²) in [5, 5.41) is 0. The third-order valence-electron chi connectivity index (χ3n) is 13.7. The smallest absolute Gasteiger partial charge is 0.225 e. The molecule has 0 saturated carbocycles. The highest BCUT2D eigenvalue weighted by Gasteiger charge is 2.58. The quantitative estimate of drug-likeness (QED) is 0.173. The van der Waals surface area contributed by atoms with E-state index in [4.69, 9.17) is 9.47 Å². The van der Waals surface area contributed by atoms with E-state index >= 15 is 0 Å². The minimum absolute atomic E-state index is 0.0398. The van der Waals surface area contributed by atoms with Gasteiger partial charge in [-0.3, -0.25) is 9.59 Å². The van der Waals surface area contributed by atoms with Crippen LogP contribution < -0.4 is 0 Å². The molecule has 6 fully saturated rings. The second kappa shape index (κ2) is 18.9. The fraction of sp³-hybridized carbons (Fsp3) is 0.480. The van der Waals surface area contributed by atoms with Gasteiger partial charge in [0.2, 0.25) is 11.8 Å². The lowest BCUT2D eigenvalue weighted by atomic mass is 9.77. The Labute approximate surface area is 374 Å². The fourth-order valence-electron chi connectivity index (χ4n) is 10.9. The van der Waals surface area contributed by atoms with E-state index < -0.39 is 0 Å². The molecule has 0 aliphatic carbocycles. The summed E-state index contributed by atoms with van der Waals surface area (Å²) in [6.45, 7) is 5.73. The molecule has 6 heterocycles. The first kappa shape index (κ1) is 42.4. The summed E-state index contributed by atoms with van der Waals surface area (Å²) in [5.74, 6) is 6.38. The summed E-state index contributed by atoms with van der Waals surface area (Å²) in [5.41, 5.74) is 5.09. The zero-order valence-corrected chi connectivity index (χ0v) is 38.1. The standard InChI is InChI=1S/2C25H29NO2S2/c2*1-2-20-21(25(29-14-9-15-30-25)19-12-7-4-8-13-19)16-23(27)26-22(17-28-24(20)26)18-10-5-3-6-11-18/h2*3-8,10-13,20-22,24H,2,9,14-17H2,1H3/t2*20-,21+,22-,24+/m00/s1. The summed E-state index contributed by atoms with van der Waals surface area (Å²) < 4.78 is 12.7. The number of thioether (sulfide) groups is 4. The van der Waals surface area contributed by atoms with Crippen molar-refractivity contribution in [2.45, 2.75) is 85.1 Å². The molecular formula is C50H58N2O4S4.